The Morgan fingerprint density at radius 1 is 1.32 bits per heavy atom. The van der Waals surface area contributed by atoms with Gasteiger partial charge in [-0.2, -0.15) is 0 Å². The minimum absolute atomic E-state index is 0.0531. The van der Waals surface area contributed by atoms with Gasteiger partial charge >= 0.3 is 0 Å². The first-order chi connectivity index (χ1) is 12.0. The quantitative estimate of drug-likeness (QED) is 0.895. The van der Waals surface area contributed by atoms with Crippen molar-refractivity contribution in [2.24, 2.45) is 5.41 Å². The fourth-order valence-electron chi connectivity index (χ4n) is 4.40. The summed E-state index contributed by atoms with van der Waals surface area (Å²) in [7, 11) is 2.18. The van der Waals surface area contributed by atoms with E-state index in [1.165, 1.54) is 25.9 Å². The van der Waals surface area contributed by atoms with Crippen molar-refractivity contribution in [1.29, 1.82) is 0 Å². The summed E-state index contributed by atoms with van der Waals surface area (Å²) in [4.78, 5) is 10.5. The number of nitrogens with one attached hydrogen (secondary N) is 1. The lowest BCUT2D eigenvalue weighted by atomic mass is 9.61. The van der Waals surface area contributed by atoms with Crippen molar-refractivity contribution in [2.75, 3.05) is 31.2 Å². The zero-order chi connectivity index (χ0) is 17.6. The van der Waals surface area contributed by atoms with E-state index in [-0.39, 0.29) is 5.82 Å². The molecule has 1 aliphatic carbocycles. The largest absolute Gasteiger partial charge is 0.381 e. The number of nitrogens with zero attached hydrogens (tertiary/aromatic N) is 3. The summed E-state index contributed by atoms with van der Waals surface area (Å²) in [5.74, 6) is -0.488. The normalized spacial score (nSPS) is 19.5. The van der Waals surface area contributed by atoms with E-state index in [1.807, 2.05) is 6.20 Å². The molecule has 0 radical (unpaired) electrons. The number of hydrogen-bond acceptors (Lipinski definition) is 5. The number of hydrogen-bond donors (Lipinski definition) is 2. The molecule has 2 aliphatic rings. The van der Waals surface area contributed by atoms with Crippen molar-refractivity contribution in [3.63, 3.8) is 0 Å². The minimum Gasteiger partial charge on any atom is -0.381 e. The maximum atomic E-state index is 14.1. The predicted octanol–water partition coefficient (Wildman–Crippen LogP) is 2.60. The molecule has 1 spiro atoms. The predicted molar refractivity (Wildman–Crippen MR) is 97.0 cm³/mol. The SMILES string of the molecule is Cc1c(Cc2ccnc(N)c2F)cncc1NC1CC2(C1)CN(C)C2. The average Bonchev–Trinajstić information content (AvgIpc) is 2.52. The monoisotopic (exact) mass is 341 g/mol. The number of likely N-dealkylation sites (tertiary alicyclic amines) is 1. The summed E-state index contributed by atoms with van der Waals surface area (Å²) in [5.41, 5.74) is 9.84. The Kier molecular flexibility index (Phi) is 3.87. The summed E-state index contributed by atoms with van der Waals surface area (Å²) in [6.45, 7) is 4.49. The Morgan fingerprint density at radius 2 is 2.08 bits per heavy atom. The van der Waals surface area contributed by atoms with Gasteiger partial charge in [0.05, 0.1) is 11.9 Å². The summed E-state index contributed by atoms with van der Waals surface area (Å²) >= 11 is 0. The van der Waals surface area contributed by atoms with E-state index in [4.69, 9.17) is 5.73 Å². The first-order valence-electron chi connectivity index (χ1n) is 8.73. The highest BCUT2D eigenvalue weighted by molar-refractivity contribution is 5.54. The molecule has 3 heterocycles. The fourth-order valence-corrected chi connectivity index (χ4v) is 4.40. The van der Waals surface area contributed by atoms with Crippen molar-refractivity contribution < 1.29 is 4.39 Å². The van der Waals surface area contributed by atoms with E-state index in [0.717, 1.165) is 16.8 Å². The van der Waals surface area contributed by atoms with E-state index < -0.39 is 5.82 Å². The van der Waals surface area contributed by atoms with Crippen LogP contribution in [0.5, 0.6) is 0 Å². The first-order valence-corrected chi connectivity index (χ1v) is 8.73. The summed E-state index contributed by atoms with van der Waals surface area (Å²) in [6, 6.07) is 2.19. The molecule has 0 atom stereocenters. The lowest BCUT2D eigenvalue weighted by Gasteiger charge is -2.58. The molecule has 1 saturated carbocycles. The van der Waals surface area contributed by atoms with Gasteiger partial charge in [0.25, 0.3) is 0 Å². The third-order valence-corrected chi connectivity index (χ3v) is 5.63. The van der Waals surface area contributed by atoms with Crippen molar-refractivity contribution in [3.05, 3.63) is 47.2 Å². The molecule has 0 bridgehead atoms. The standard InChI is InChI=1S/C19H24FN5/c1-12-14(5-13-3-4-23-18(21)17(13)20)8-22-9-16(12)24-15-6-19(7-15)10-25(2)11-19/h3-4,8-9,15,24H,5-7,10-11H2,1-2H3,(H2,21,23). The van der Waals surface area contributed by atoms with Crippen LogP contribution in [0.25, 0.3) is 0 Å². The molecule has 2 aromatic heterocycles. The topological polar surface area (TPSA) is 67.1 Å². The molecule has 132 valence electrons. The van der Waals surface area contributed by atoms with Gasteiger partial charge in [0, 0.05) is 37.9 Å². The second-order valence-corrected chi connectivity index (χ2v) is 7.74. The molecule has 1 aliphatic heterocycles. The van der Waals surface area contributed by atoms with Crippen LogP contribution in [0.3, 0.4) is 0 Å². The van der Waals surface area contributed by atoms with Crippen LogP contribution in [0, 0.1) is 18.2 Å². The zero-order valence-corrected chi connectivity index (χ0v) is 14.7. The fraction of sp³-hybridized carbons (Fsp3) is 0.474. The van der Waals surface area contributed by atoms with Crippen LogP contribution in [0.4, 0.5) is 15.9 Å². The lowest BCUT2D eigenvalue weighted by Crippen LogP contribution is -2.63. The number of anilines is 2. The molecule has 5 nitrogen and oxygen atoms in total. The van der Waals surface area contributed by atoms with Crippen LogP contribution in [0.1, 0.15) is 29.5 Å². The smallest absolute Gasteiger partial charge is 0.168 e. The van der Waals surface area contributed by atoms with Crippen molar-refractivity contribution in [3.8, 4) is 0 Å². The van der Waals surface area contributed by atoms with Gasteiger partial charge in [-0.1, -0.05) is 0 Å². The molecule has 2 fully saturated rings. The number of nitrogens with two attached hydrogens (primary N) is 1. The summed E-state index contributed by atoms with van der Waals surface area (Å²) in [5, 5.41) is 3.63. The van der Waals surface area contributed by atoms with E-state index in [2.05, 4.69) is 34.2 Å². The number of nitrogen functional groups attached to an aromatic ring is 1. The third kappa shape index (κ3) is 2.95. The Labute approximate surface area is 147 Å². The minimum atomic E-state index is -0.435. The number of aromatic nitrogens is 2. The molecular formula is C19H24FN5. The lowest BCUT2D eigenvalue weighted by molar-refractivity contribution is -0.0513. The molecule has 6 heteroatoms. The van der Waals surface area contributed by atoms with Gasteiger partial charge in [-0.15, -0.1) is 0 Å². The van der Waals surface area contributed by atoms with Gasteiger partial charge in [-0.25, -0.2) is 9.37 Å². The molecule has 25 heavy (non-hydrogen) atoms. The van der Waals surface area contributed by atoms with E-state index in [9.17, 15) is 4.39 Å². The van der Waals surface area contributed by atoms with Crippen molar-refractivity contribution >= 4 is 11.5 Å². The molecule has 0 unspecified atom stereocenters. The maximum Gasteiger partial charge on any atom is 0.168 e. The van der Waals surface area contributed by atoms with E-state index >= 15 is 0 Å². The second-order valence-electron chi connectivity index (χ2n) is 7.74. The second kappa shape index (κ2) is 5.95. The Balaban J connectivity index is 1.46. The van der Waals surface area contributed by atoms with Crippen LogP contribution < -0.4 is 11.1 Å². The van der Waals surface area contributed by atoms with E-state index in [0.29, 0.717) is 23.4 Å². The molecule has 1 saturated heterocycles. The maximum absolute atomic E-state index is 14.1. The van der Waals surface area contributed by atoms with E-state index in [1.54, 1.807) is 18.5 Å². The molecule has 3 N–H and O–H groups in total. The van der Waals surface area contributed by atoms with Gasteiger partial charge in [-0.05, 0) is 55.0 Å². The van der Waals surface area contributed by atoms with Gasteiger partial charge in [-0.3, -0.25) is 4.98 Å². The van der Waals surface area contributed by atoms with Gasteiger partial charge in [0.15, 0.2) is 11.6 Å². The van der Waals surface area contributed by atoms with Gasteiger partial charge < -0.3 is 16.0 Å². The summed E-state index contributed by atoms with van der Waals surface area (Å²) in [6.07, 6.45) is 8.12. The number of halogens is 1. The highest BCUT2D eigenvalue weighted by Gasteiger charge is 2.51. The van der Waals surface area contributed by atoms with Crippen LogP contribution in [-0.4, -0.2) is 41.0 Å². The molecular weight excluding hydrogens is 317 g/mol. The summed E-state index contributed by atoms with van der Waals surface area (Å²) < 4.78 is 14.1. The zero-order valence-electron chi connectivity index (χ0n) is 14.7. The van der Waals surface area contributed by atoms with Gasteiger partial charge in [0.2, 0.25) is 0 Å². The molecule has 0 amide bonds. The van der Waals surface area contributed by atoms with Crippen molar-refractivity contribution in [1.82, 2.24) is 14.9 Å². The van der Waals surface area contributed by atoms with Crippen molar-refractivity contribution in [2.45, 2.75) is 32.2 Å². The van der Waals surface area contributed by atoms with Crippen LogP contribution in [0.2, 0.25) is 0 Å². The number of pyridine rings is 2. The molecule has 4 rings (SSSR count). The Bertz CT molecular complexity index is 792. The average molecular weight is 341 g/mol. The van der Waals surface area contributed by atoms with Crippen LogP contribution >= 0.6 is 0 Å². The highest BCUT2D eigenvalue weighted by atomic mass is 19.1. The highest BCUT2D eigenvalue weighted by Crippen LogP contribution is 2.48. The number of rotatable bonds is 4. The Morgan fingerprint density at radius 3 is 2.80 bits per heavy atom. The van der Waals surface area contributed by atoms with Crippen LogP contribution in [-0.2, 0) is 6.42 Å². The van der Waals surface area contributed by atoms with Gasteiger partial charge in [0.1, 0.15) is 0 Å². The molecule has 0 aromatic carbocycles. The first kappa shape index (κ1) is 16.3. The Hall–Kier alpha value is -2.21. The third-order valence-electron chi connectivity index (χ3n) is 5.63. The van der Waals surface area contributed by atoms with Crippen LogP contribution in [0.15, 0.2) is 24.7 Å². The molecule has 2 aromatic rings.